The third-order valence-electron chi connectivity index (χ3n) is 10.6. The lowest BCUT2D eigenvalue weighted by atomic mass is 10.1. The molecule has 0 aliphatic carbocycles. The van der Waals surface area contributed by atoms with Crippen molar-refractivity contribution in [1.82, 2.24) is 4.90 Å². The molecular formula is C54H51NO21. The monoisotopic (exact) mass is 1050 g/mol. The van der Waals surface area contributed by atoms with Crippen molar-refractivity contribution in [3.8, 4) is 69.0 Å². The molecule has 6 rings (SSSR count). The van der Waals surface area contributed by atoms with Gasteiger partial charge in [-0.15, -0.1) is 0 Å². The number of ether oxygens (including phenoxy) is 9. The minimum atomic E-state index is -1.26. The van der Waals surface area contributed by atoms with Gasteiger partial charge in [-0.1, -0.05) is 54.6 Å². The van der Waals surface area contributed by atoms with Gasteiger partial charge in [-0.25, -0.2) is 14.4 Å². The Morgan fingerprint density at radius 3 is 0.789 bits per heavy atom. The normalized spacial score (nSPS) is 10.7. The van der Waals surface area contributed by atoms with Crippen molar-refractivity contribution in [2.24, 2.45) is 0 Å². The van der Waals surface area contributed by atoms with E-state index in [4.69, 9.17) is 42.6 Å². The van der Waals surface area contributed by atoms with Gasteiger partial charge in [0, 0.05) is 19.6 Å². The number of aromatic hydroxyl groups is 6. The summed E-state index contributed by atoms with van der Waals surface area (Å²) in [6.07, 6.45) is 0. The van der Waals surface area contributed by atoms with Crippen molar-refractivity contribution in [2.45, 2.75) is 0 Å². The highest BCUT2D eigenvalue weighted by Gasteiger charge is 2.25. The largest absolute Gasteiger partial charge is 0.504 e. The Kier molecular flexibility index (Phi) is 20.4. The first-order valence-electron chi connectivity index (χ1n) is 23.2. The smallest absolute Gasteiger partial charge is 0.379 e. The number of benzene rings is 6. The van der Waals surface area contributed by atoms with E-state index >= 15 is 0 Å². The number of nitrogens with zero attached hydrogens (tertiary/aromatic N) is 1. The second-order valence-electron chi connectivity index (χ2n) is 15.7. The summed E-state index contributed by atoms with van der Waals surface area (Å²) < 4.78 is 50.8. The number of ketones is 3. The van der Waals surface area contributed by atoms with Crippen LogP contribution in [0.1, 0.15) is 31.1 Å². The van der Waals surface area contributed by atoms with Crippen molar-refractivity contribution in [2.75, 3.05) is 79.1 Å². The number of esters is 3. The van der Waals surface area contributed by atoms with Crippen LogP contribution >= 0.6 is 0 Å². The summed E-state index contributed by atoms with van der Waals surface area (Å²) >= 11 is 0. The number of hydrogen-bond acceptors (Lipinski definition) is 22. The zero-order chi connectivity index (χ0) is 54.4. The second kappa shape index (κ2) is 27.9. The Hall–Kier alpha value is -9.70. The first-order chi connectivity index (χ1) is 36.7. The summed E-state index contributed by atoms with van der Waals surface area (Å²) in [5.41, 5.74) is -1.26. The molecule has 398 valence electrons. The summed E-state index contributed by atoms with van der Waals surface area (Å²) in [5, 5.41) is 58.9. The summed E-state index contributed by atoms with van der Waals surface area (Å²) in [6, 6.07) is 31.0. The van der Waals surface area contributed by atoms with E-state index in [2.05, 4.69) is 0 Å². The zero-order valence-electron chi connectivity index (χ0n) is 40.4. The van der Waals surface area contributed by atoms with Crippen LogP contribution in [0, 0.1) is 0 Å². The molecule has 0 bridgehead atoms. The second-order valence-corrected chi connectivity index (χ2v) is 15.7. The molecule has 0 amide bonds. The van der Waals surface area contributed by atoms with Crippen LogP contribution in [0.5, 0.6) is 69.0 Å². The molecule has 0 atom stereocenters. The summed E-state index contributed by atoms with van der Waals surface area (Å²) in [5.74, 6) is -9.27. The van der Waals surface area contributed by atoms with Gasteiger partial charge < -0.3 is 73.3 Å². The van der Waals surface area contributed by atoms with Crippen LogP contribution < -0.4 is 28.4 Å². The van der Waals surface area contributed by atoms with E-state index in [1.54, 1.807) is 72.8 Å². The summed E-state index contributed by atoms with van der Waals surface area (Å²) in [6.45, 7) is -0.215. The molecule has 0 aliphatic heterocycles. The molecule has 22 heteroatoms. The molecular weight excluding hydrogens is 999 g/mol. The van der Waals surface area contributed by atoms with Gasteiger partial charge in [-0.05, 0) is 72.8 Å². The maximum Gasteiger partial charge on any atom is 0.379 e. The van der Waals surface area contributed by atoms with Crippen LogP contribution in [0.2, 0.25) is 0 Å². The average molecular weight is 1050 g/mol. The van der Waals surface area contributed by atoms with Gasteiger partial charge in [0.15, 0.2) is 69.0 Å². The van der Waals surface area contributed by atoms with Gasteiger partial charge in [-0.3, -0.25) is 19.3 Å². The number of phenolic OH excluding ortho intramolecular Hbond substituents is 6. The maximum atomic E-state index is 12.5. The molecule has 0 saturated heterocycles. The van der Waals surface area contributed by atoms with Gasteiger partial charge in [0.1, 0.15) is 59.5 Å². The fourth-order valence-corrected chi connectivity index (χ4v) is 6.78. The zero-order valence-corrected chi connectivity index (χ0v) is 40.4. The third kappa shape index (κ3) is 15.7. The first kappa shape index (κ1) is 55.6. The van der Waals surface area contributed by atoms with Crippen molar-refractivity contribution in [3.63, 3.8) is 0 Å². The van der Waals surface area contributed by atoms with Gasteiger partial charge >= 0.3 is 17.9 Å². The van der Waals surface area contributed by atoms with Gasteiger partial charge in [0.05, 0.1) is 16.7 Å². The van der Waals surface area contributed by atoms with Crippen LogP contribution in [-0.2, 0) is 28.6 Å². The van der Waals surface area contributed by atoms with E-state index in [-0.39, 0.29) is 59.5 Å². The topological polar surface area (TPSA) is 310 Å². The van der Waals surface area contributed by atoms with Crippen molar-refractivity contribution in [1.29, 1.82) is 0 Å². The molecule has 0 radical (unpaired) electrons. The molecule has 6 N–H and O–H groups in total. The standard InChI is InChI=1S/C54H51NO21/c56-37-13-7-10-34(46(37)59)49(62)52(65)74-31-28-71-43-19-4-1-16-40(43)68-25-22-55(23-26-69-41-17-2-5-20-44(41)72-29-32-75-53(66)50(63)35-11-8-14-38(57)47(35)60)24-27-70-42-18-3-6-21-45(42)73-30-33-76-54(67)51(64)36-12-9-15-39(58)48(36)61/h1-21,56-61H,22-33H2. The van der Waals surface area contributed by atoms with Crippen LogP contribution in [-0.4, -0.2) is 150 Å². The molecule has 0 unspecified atom stereocenters. The molecule has 0 spiro atoms. The molecule has 0 aliphatic rings. The minimum Gasteiger partial charge on any atom is -0.504 e. The van der Waals surface area contributed by atoms with E-state index in [1.165, 1.54) is 36.4 Å². The van der Waals surface area contributed by atoms with E-state index in [0.29, 0.717) is 54.1 Å². The molecule has 22 nitrogen and oxygen atoms in total. The first-order valence-corrected chi connectivity index (χ1v) is 23.2. The summed E-state index contributed by atoms with van der Waals surface area (Å²) in [7, 11) is 0. The lowest BCUT2D eigenvalue weighted by Crippen LogP contribution is -2.35. The fourth-order valence-electron chi connectivity index (χ4n) is 6.78. The van der Waals surface area contributed by atoms with Gasteiger partial charge in [-0.2, -0.15) is 0 Å². The molecule has 0 aromatic heterocycles. The number of hydrogen-bond donors (Lipinski definition) is 6. The van der Waals surface area contributed by atoms with Crippen molar-refractivity contribution in [3.05, 3.63) is 144 Å². The Balaban J connectivity index is 1.02. The molecule has 76 heavy (non-hydrogen) atoms. The Morgan fingerprint density at radius 2 is 0.539 bits per heavy atom. The molecule has 0 fully saturated rings. The SMILES string of the molecule is O=C(OCCOc1ccccc1OCCN(CCOc1ccccc1OCCOC(=O)C(=O)c1cccc(O)c1O)CCOc1ccccc1OCCOC(=O)C(=O)c1cccc(O)c1O)C(=O)c1cccc(O)c1O. The highest BCUT2D eigenvalue weighted by molar-refractivity contribution is 6.42. The van der Waals surface area contributed by atoms with E-state index in [9.17, 15) is 59.4 Å². The number of phenols is 6. The highest BCUT2D eigenvalue weighted by atomic mass is 16.6. The number of Topliss-reactive ketones (excluding diaryl/α,β-unsaturated/α-hetero) is 3. The van der Waals surface area contributed by atoms with Crippen LogP contribution in [0.25, 0.3) is 0 Å². The lowest BCUT2D eigenvalue weighted by molar-refractivity contribution is -0.139. The number of carbonyl (C=O) groups is 6. The number of para-hydroxylation sites is 9. The fraction of sp³-hybridized carbons (Fsp3) is 0.222. The predicted octanol–water partition coefficient (Wildman–Crippen LogP) is 5.17. The Labute approximate surface area is 433 Å². The third-order valence-corrected chi connectivity index (χ3v) is 10.6. The van der Waals surface area contributed by atoms with Crippen molar-refractivity contribution >= 4 is 35.3 Å². The van der Waals surface area contributed by atoms with Crippen LogP contribution in [0.15, 0.2) is 127 Å². The van der Waals surface area contributed by atoms with Gasteiger partial charge in [0.25, 0.3) is 17.3 Å². The van der Waals surface area contributed by atoms with Crippen LogP contribution in [0.4, 0.5) is 0 Å². The Morgan fingerprint density at radius 1 is 0.303 bits per heavy atom. The van der Waals surface area contributed by atoms with E-state index < -0.39 is 86.4 Å². The predicted molar refractivity (Wildman–Crippen MR) is 264 cm³/mol. The molecule has 0 saturated carbocycles. The number of carbonyl (C=O) groups excluding carboxylic acids is 6. The minimum absolute atomic E-state index is 0.120. The summed E-state index contributed by atoms with van der Waals surface area (Å²) in [4.78, 5) is 76.5. The molecule has 6 aromatic rings. The highest BCUT2D eigenvalue weighted by Crippen LogP contribution is 2.32. The lowest BCUT2D eigenvalue weighted by Gasteiger charge is -2.23. The average Bonchev–Trinajstić information content (AvgIpc) is 3.42. The van der Waals surface area contributed by atoms with Gasteiger partial charge in [0.2, 0.25) is 0 Å². The molecule has 0 heterocycles. The molecule has 6 aromatic carbocycles. The Bertz CT molecular complexity index is 2680. The van der Waals surface area contributed by atoms with Crippen LogP contribution in [0.3, 0.4) is 0 Å². The van der Waals surface area contributed by atoms with E-state index in [0.717, 1.165) is 18.2 Å². The van der Waals surface area contributed by atoms with E-state index in [1.807, 2.05) is 4.90 Å². The van der Waals surface area contributed by atoms with Crippen molar-refractivity contribution < 1.29 is 102 Å². The number of rotatable bonds is 30. The quantitative estimate of drug-likeness (QED) is 0.00846. The maximum absolute atomic E-state index is 12.5.